The number of hydrogen-bond donors (Lipinski definition) is 1. The van der Waals surface area contributed by atoms with E-state index < -0.39 is 23.1 Å². The molecule has 1 aromatic carbocycles. The molecule has 0 aliphatic rings. The number of rotatable bonds is 4. The highest BCUT2D eigenvalue weighted by Gasteiger charge is 2.29. The quantitative estimate of drug-likeness (QED) is 0.669. The highest BCUT2D eigenvalue weighted by atomic mass is 35.5. The second-order valence-electron chi connectivity index (χ2n) is 3.40. The Balaban J connectivity index is 3.43. The second kappa shape index (κ2) is 6.09. The third-order valence-electron chi connectivity index (χ3n) is 2.13. The van der Waals surface area contributed by atoms with Gasteiger partial charge in [-0.2, -0.15) is 14.8 Å². The number of hydrogen-bond acceptors (Lipinski definition) is 5. The predicted octanol–water partition coefficient (Wildman–Crippen LogP) is 1.61. The van der Waals surface area contributed by atoms with Crippen molar-refractivity contribution in [2.24, 2.45) is 0 Å². The number of nitrogen functional groups attached to an aromatic ring is 1. The maximum atomic E-state index is 12.3. The van der Waals surface area contributed by atoms with Gasteiger partial charge >= 0.3 is 0 Å². The number of sulfonamides is 1. The Labute approximate surface area is 120 Å². The monoisotopic (exact) mass is 318 g/mol. The van der Waals surface area contributed by atoms with E-state index in [0.717, 1.165) is 0 Å². The summed E-state index contributed by atoms with van der Waals surface area (Å²) in [7, 11) is -4.13. The Morgan fingerprint density at radius 2 is 1.74 bits per heavy atom. The highest BCUT2D eigenvalue weighted by molar-refractivity contribution is 7.89. The number of nitrogens with zero attached hydrogens (tertiary/aromatic N) is 3. The average Bonchev–Trinajstić information content (AvgIpc) is 2.26. The van der Waals surface area contributed by atoms with Gasteiger partial charge in [-0.1, -0.05) is 23.2 Å². The van der Waals surface area contributed by atoms with Crippen molar-refractivity contribution in [3.8, 4) is 12.1 Å². The molecule has 0 aliphatic heterocycles. The second-order valence-corrected chi connectivity index (χ2v) is 6.11. The van der Waals surface area contributed by atoms with Crippen molar-refractivity contribution in [1.82, 2.24) is 4.31 Å². The molecule has 0 unspecified atom stereocenters. The van der Waals surface area contributed by atoms with Gasteiger partial charge in [0.25, 0.3) is 0 Å². The van der Waals surface area contributed by atoms with Crippen LogP contribution in [0.4, 0.5) is 5.69 Å². The SMILES string of the molecule is N#CCN(CC#N)S(=O)(=O)c1c(N)cc(Cl)cc1Cl. The molecular formula is C10H8Cl2N4O2S. The van der Waals surface area contributed by atoms with E-state index in [0.29, 0.717) is 4.31 Å². The minimum absolute atomic E-state index is 0.140. The Hall–Kier alpha value is -1.51. The topological polar surface area (TPSA) is 111 Å². The lowest BCUT2D eigenvalue weighted by Gasteiger charge is -2.18. The van der Waals surface area contributed by atoms with Crippen LogP contribution < -0.4 is 5.73 Å². The van der Waals surface area contributed by atoms with Gasteiger partial charge in [0.1, 0.15) is 18.0 Å². The Morgan fingerprint density at radius 1 is 1.21 bits per heavy atom. The van der Waals surface area contributed by atoms with Crippen LogP contribution in [0.15, 0.2) is 17.0 Å². The minimum Gasteiger partial charge on any atom is -0.398 e. The molecule has 0 atom stereocenters. The predicted molar refractivity (Wildman–Crippen MR) is 70.9 cm³/mol. The Morgan fingerprint density at radius 3 is 2.16 bits per heavy atom. The number of anilines is 1. The van der Waals surface area contributed by atoms with Crippen LogP contribution in [0, 0.1) is 22.7 Å². The van der Waals surface area contributed by atoms with Gasteiger partial charge < -0.3 is 5.73 Å². The van der Waals surface area contributed by atoms with E-state index in [1.807, 2.05) is 0 Å². The van der Waals surface area contributed by atoms with Crippen molar-refractivity contribution in [3.63, 3.8) is 0 Å². The summed E-state index contributed by atoms with van der Waals surface area (Å²) >= 11 is 11.5. The zero-order valence-corrected chi connectivity index (χ0v) is 11.8. The van der Waals surface area contributed by atoms with Gasteiger partial charge in [-0.05, 0) is 12.1 Å². The number of nitriles is 2. The molecule has 2 N–H and O–H groups in total. The number of benzene rings is 1. The molecule has 0 saturated heterocycles. The fraction of sp³-hybridized carbons (Fsp3) is 0.200. The van der Waals surface area contributed by atoms with Crippen molar-refractivity contribution in [2.45, 2.75) is 4.90 Å². The molecule has 0 bridgehead atoms. The van der Waals surface area contributed by atoms with E-state index in [2.05, 4.69) is 0 Å². The van der Waals surface area contributed by atoms with Crippen LogP contribution in [-0.2, 0) is 10.0 Å². The number of halogens is 2. The summed E-state index contributed by atoms with van der Waals surface area (Å²) in [6.45, 7) is -0.956. The van der Waals surface area contributed by atoms with Crippen LogP contribution in [0.25, 0.3) is 0 Å². The molecule has 0 amide bonds. The first kappa shape index (κ1) is 15.5. The lowest BCUT2D eigenvalue weighted by atomic mass is 10.3. The van der Waals surface area contributed by atoms with E-state index in [1.54, 1.807) is 12.1 Å². The van der Waals surface area contributed by atoms with E-state index in [1.165, 1.54) is 12.1 Å². The molecule has 0 aliphatic carbocycles. The third kappa shape index (κ3) is 3.28. The van der Waals surface area contributed by atoms with Gasteiger partial charge in [0.15, 0.2) is 0 Å². The standard InChI is InChI=1S/C10H8Cl2N4O2S/c11-7-5-8(12)10(9(15)6-7)19(17,18)16(3-1-13)4-2-14/h5-6H,3-4,15H2. The summed E-state index contributed by atoms with van der Waals surface area (Å²) < 4.78 is 25.2. The van der Waals surface area contributed by atoms with Crippen LogP contribution >= 0.6 is 23.2 Å². The molecule has 6 nitrogen and oxygen atoms in total. The fourth-order valence-electron chi connectivity index (χ4n) is 1.37. The molecule has 0 aromatic heterocycles. The summed E-state index contributed by atoms with van der Waals surface area (Å²) in [5.74, 6) is 0. The third-order valence-corrected chi connectivity index (χ3v) is 4.67. The zero-order valence-electron chi connectivity index (χ0n) is 9.47. The number of nitrogens with two attached hydrogens (primary N) is 1. The summed E-state index contributed by atoms with van der Waals surface area (Å²) in [6.07, 6.45) is 0. The van der Waals surface area contributed by atoms with Crippen LogP contribution in [0.3, 0.4) is 0 Å². The lowest BCUT2D eigenvalue weighted by Crippen LogP contribution is -2.32. The summed E-state index contributed by atoms with van der Waals surface area (Å²) in [5.41, 5.74) is 5.46. The first-order valence-electron chi connectivity index (χ1n) is 4.83. The molecule has 0 spiro atoms. The fourth-order valence-corrected chi connectivity index (χ4v) is 3.54. The smallest absolute Gasteiger partial charge is 0.248 e. The van der Waals surface area contributed by atoms with Crippen LogP contribution in [0.2, 0.25) is 10.0 Å². The molecule has 9 heteroatoms. The molecule has 0 fully saturated rings. The van der Waals surface area contributed by atoms with E-state index >= 15 is 0 Å². The molecular weight excluding hydrogens is 311 g/mol. The van der Waals surface area contributed by atoms with Gasteiger partial charge in [-0.3, -0.25) is 0 Å². The molecule has 19 heavy (non-hydrogen) atoms. The van der Waals surface area contributed by atoms with Crippen LogP contribution in [-0.4, -0.2) is 25.8 Å². The highest BCUT2D eigenvalue weighted by Crippen LogP contribution is 2.33. The van der Waals surface area contributed by atoms with Crippen LogP contribution in [0.5, 0.6) is 0 Å². The molecule has 1 rings (SSSR count). The van der Waals surface area contributed by atoms with Crippen molar-refractivity contribution in [2.75, 3.05) is 18.8 Å². The maximum absolute atomic E-state index is 12.3. The Kier molecular flexibility index (Phi) is 4.98. The molecule has 100 valence electrons. The average molecular weight is 319 g/mol. The van der Waals surface area contributed by atoms with Crippen molar-refractivity contribution < 1.29 is 8.42 Å². The minimum atomic E-state index is -4.13. The Bertz CT molecular complexity index is 637. The van der Waals surface area contributed by atoms with Crippen molar-refractivity contribution in [1.29, 1.82) is 10.5 Å². The van der Waals surface area contributed by atoms with Crippen molar-refractivity contribution in [3.05, 3.63) is 22.2 Å². The van der Waals surface area contributed by atoms with E-state index in [-0.39, 0.29) is 20.6 Å². The largest absolute Gasteiger partial charge is 0.398 e. The molecule has 1 aromatic rings. The summed E-state index contributed by atoms with van der Waals surface area (Å²) in [5, 5.41) is 17.2. The van der Waals surface area contributed by atoms with E-state index in [4.69, 9.17) is 39.5 Å². The van der Waals surface area contributed by atoms with Crippen molar-refractivity contribution >= 4 is 38.9 Å². The van der Waals surface area contributed by atoms with Gasteiger partial charge in [-0.15, -0.1) is 0 Å². The maximum Gasteiger partial charge on any atom is 0.248 e. The summed E-state index contributed by atoms with van der Waals surface area (Å²) in [6, 6.07) is 5.79. The lowest BCUT2D eigenvalue weighted by molar-refractivity contribution is 0.480. The van der Waals surface area contributed by atoms with Gasteiger partial charge in [0, 0.05) is 5.02 Å². The normalized spacial score (nSPS) is 11.0. The molecule has 0 radical (unpaired) electrons. The summed E-state index contributed by atoms with van der Waals surface area (Å²) in [4.78, 5) is -0.357. The van der Waals surface area contributed by atoms with Gasteiger partial charge in [0.05, 0.1) is 22.8 Å². The van der Waals surface area contributed by atoms with E-state index in [9.17, 15) is 8.42 Å². The zero-order chi connectivity index (χ0) is 14.6. The van der Waals surface area contributed by atoms with Crippen LogP contribution in [0.1, 0.15) is 0 Å². The first-order chi connectivity index (χ1) is 8.84. The first-order valence-corrected chi connectivity index (χ1v) is 7.02. The van der Waals surface area contributed by atoms with Gasteiger partial charge in [-0.25, -0.2) is 8.42 Å². The molecule has 0 saturated carbocycles. The molecule has 0 heterocycles. The van der Waals surface area contributed by atoms with Gasteiger partial charge in [0.2, 0.25) is 10.0 Å².